The van der Waals surface area contributed by atoms with Gasteiger partial charge in [-0.25, -0.2) is 4.98 Å². The van der Waals surface area contributed by atoms with Gasteiger partial charge in [-0.3, -0.25) is 5.10 Å². The number of aromatic nitrogens is 3. The van der Waals surface area contributed by atoms with Crippen LogP contribution in [0.1, 0.15) is 25.7 Å². The molecule has 5 heteroatoms. The van der Waals surface area contributed by atoms with Gasteiger partial charge in [0.15, 0.2) is 5.82 Å². The number of hydrogen-bond acceptors (Lipinski definition) is 4. The summed E-state index contributed by atoms with van der Waals surface area (Å²) in [6, 6.07) is 7.51. The highest BCUT2D eigenvalue weighted by Crippen LogP contribution is 2.27. The van der Waals surface area contributed by atoms with E-state index in [9.17, 15) is 0 Å². The highest BCUT2D eigenvalue weighted by molar-refractivity contribution is 5.63. The van der Waals surface area contributed by atoms with Crippen LogP contribution in [0.4, 0.5) is 0 Å². The monoisotopic (exact) mass is 246 g/mol. The maximum Gasteiger partial charge on any atom is 0.184 e. The Morgan fingerprint density at radius 3 is 2.67 bits per heavy atom. The van der Waals surface area contributed by atoms with E-state index in [1.54, 1.807) is 7.11 Å². The number of para-hydroxylation sites is 1. The van der Waals surface area contributed by atoms with Gasteiger partial charge in [0.2, 0.25) is 0 Å². The van der Waals surface area contributed by atoms with E-state index >= 15 is 0 Å². The van der Waals surface area contributed by atoms with Gasteiger partial charge >= 0.3 is 0 Å². The van der Waals surface area contributed by atoms with E-state index in [2.05, 4.69) is 29.0 Å². The van der Waals surface area contributed by atoms with Crippen LogP contribution >= 0.6 is 0 Å². The van der Waals surface area contributed by atoms with E-state index < -0.39 is 0 Å². The van der Waals surface area contributed by atoms with Crippen molar-refractivity contribution in [3.05, 3.63) is 30.1 Å². The highest BCUT2D eigenvalue weighted by Gasteiger charge is 2.17. The molecule has 0 saturated heterocycles. The topological polar surface area (TPSA) is 76.8 Å². The van der Waals surface area contributed by atoms with Crippen molar-refractivity contribution < 1.29 is 4.74 Å². The molecule has 2 rings (SSSR count). The third-order valence-electron chi connectivity index (χ3n) is 2.88. The minimum Gasteiger partial charge on any atom is -0.496 e. The lowest BCUT2D eigenvalue weighted by atomic mass is 10.1. The molecule has 0 amide bonds. The van der Waals surface area contributed by atoms with E-state index in [4.69, 9.17) is 10.5 Å². The van der Waals surface area contributed by atoms with E-state index in [1.807, 2.05) is 24.3 Å². The predicted octanol–water partition coefficient (Wildman–Crippen LogP) is 2.14. The second kappa shape index (κ2) is 5.18. The molecular weight excluding hydrogens is 228 g/mol. The van der Waals surface area contributed by atoms with Crippen molar-refractivity contribution >= 4 is 0 Å². The summed E-state index contributed by atoms with van der Waals surface area (Å²) in [4.78, 5) is 4.44. The maximum absolute atomic E-state index is 6.03. The summed E-state index contributed by atoms with van der Waals surface area (Å²) in [5.41, 5.74) is 6.89. The molecule has 0 aliphatic heterocycles. The van der Waals surface area contributed by atoms with Crippen LogP contribution in [0.15, 0.2) is 24.3 Å². The van der Waals surface area contributed by atoms with Crippen LogP contribution in [0.2, 0.25) is 0 Å². The minimum absolute atomic E-state index is 0.138. The van der Waals surface area contributed by atoms with Gasteiger partial charge < -0.3 is 10.5 Å². The summed E-state index contributed by atoms with van der Waals surface area (Å²) in [6.07, 6.45) is 0. The van der Waals surface area contributed by atoms with Crippen molar-refractivity contribution in [2.45, 2.75) is 19.9 Å². The molecule has 0 radical (unpaired) electrons. The number of benzene rings is 1. The molecule has 18 heavy (non-hydrogen) atoms. The summed E-state index contributed by atoms with van der Waals surface area (Å²) < 4.78 is 5.29. The second-order valence-electron chi connectivity index (χ2n) is 4.51. The molecule has 0 spiro atoms. The molecule has 5 nitrogen and oxygen atoms in total. The highest BCUT2D eigenvalue weighted by atomic mass is 16.5. The van der Waals surface area contributed by atoms with Crippen molar-refractivity contribution in [2.75, 3.05) is 7.11 Å². The van der Waals surface area contributed by atoms with Crippen molar-refractivity contribution in [1.82, 2.24) is 15.2 Å². The van der Waals surface area contributed by atoms with E-state index in [0.29, 0.717) is 17.6 Å². The lowest BCUT2D eigenvalue weighted by Crippen LogP contribution is -2.18. The second-order valence-corrected chi connectivity index (χ2v) is 4.51. The summed E-state index contributed by atoms with van der Waals surface area (Å²) in [7, 11) is 1.63. The Labute approximate surface area is 106 Å². The minimum atomic E-state index is -0.138. The molecule has 1 aromatic heterocycles. The first-order valence-corrected chi connectivity index (χ1v) is 5.94. The zero-order valence-electron chi connectivity index (χ0n) is 10.8. The van der Waals surface area contributed by atoms with Gasteiger partial charge in [0.1, 0.15) is 11.6 Å². The number of rotatable bonds is 4. The number of nitrogens with zero attached hydrogens (tertiary/aromatic N) is 2. The number of H-pyrrole nitrogens is 1. The molecule has 1 heterocycles. The number of ether oxygens (including phenoxy) is 1. The summed E-state index contributed by atoms with van der Waals surface area (Å²) in [5, 5.41) is 7.10. The molecule has 1 atom stereocenters. The number of nitrogens with one attached hydrogen (secondary N) is 1. The van der Waals surface area contributed by atoms with E-state index in [0.717, 1.165) is 11.3 Å². The Balaban J connectivity index is 2.35. The summed E-state index contributed by atoms with van der Waals surface area (Å²) >= 11 is 0. The normalized spacial score (nSPS) is 12.7. The van der Waals surface area contributed by atoms with Crippen molar-refractivity contribution in [1.29, 1.82) is 0 Å². The number of methoxy groups -OCH3 is 1. The Kier molecular flexibility index (Phi) is 3.62. The predicted molar refractivity (Wildman–Crippen MR) is 70.1 cm³/mol. The molecule has 1 aromatic carbocycles. The fraction of sp³-hybridized carbons (Fsp3) is 0.385. The van der Waals surface area contributed by atoms with Crippen LogP contribution in [0.25, 0.3) is 11.4 Å². The quantitative estimate of drug-likeness (QED) is 0.866. The number of hydrogen-bond donors (Lipinski definition) is 2. The van der Waals surface area contributed by atoms with Crippen molar-refractivity contribution in [2.24, 2.45) is 11.7 Å². The Morgan fingerprint density at radius 2 is 2.00 bits per heavy atom. The van der Waals surface area contributed by atoms with E-state index in [1.165, 1.54) is 0 Å². The van der Waals surface area contributed by atoms with Crippen LogP contribution in [-0.2, 0) is 0 Å². The number of aromatic amines is 1. The standard InChI is InChI=1S/C13H18N4O/c1-8(2)11(14)13-15-12(16-17-13)9-6-4-5-7-10(9)18-3/h4-8,11H,14H2,1-3H3,(H,15,16,17). The summed E-state index contributed by atoms with van der Waals surface area (Å²) in [6.45, 7) is 4.10. The third-order valence-corrected chi connectivity index (χ3v) is 2.88. The molecule has 0 aliphatic rings. The fourth-order valence-corrected chi connectivity index (χ4v) is 1.69. The molecule has 0 aliphatic carbocycles. The Bertz CT molecular complexity index is 521. The maximum atomic E-state index is 6.03. The van der Waals surface area contributed by atoms with Gasteiger partial charge in [-0.1, -0.05) is 26.0 Å². The van der Waals surface area contributed by atoms with E-state index in [-0.39, 0.29) is 6.04 Å². The molecule has 3 N–H and O–H groups in total. The van der Waals surface area contributed by atoms with Crippen LogP contribution in [-0.4, -0.2) is 22.3 Å². The average molecular weight is 246 g/mol. The molecular formula is C13H18N4O. The largest absolute Gasteiger partial charge is 0.496 e. The van der Waals surface area contributed by atoms with Crippen LogP contribution < -0.4 is 10.5 Å². The first-order chi connectivity index (χ1) is 8.63. The van der Waals surface area contributed by atoms with Gasteiger partial charge in [0.05, 0.1) is 18.7 Å². The lowest BCUT2D eigenvalue weighted by Gasteiger charge is -2.11. The molecule has 0 fully saturated rings. The molecule has 96 valence electrons. The van der Waals surface area contributed by atoms with Crippen molar-refractivity contribution in [3.8, 4) is 17.1 Å². The van der Waals surface area contributed by atoms with Crippen LogP contribution in [0.5, 0.6) is 5.75 Å². The average Bonchev–Trinajstić information content (AvgIpc) is 2.87. The summed E-state index contributed by atoms with van der Waals surface area (Å²) in [5.74, 6) is 2.37. The van der Waals surface area contributed by atoms with Gasteiger partial charge in [0.25, 0.3) is 0 Å². The SMILES string of the molecule is COc1ccccc1-c1n[nH]c(C(N)C(C)C)n1. The van der Waals surface area contributed by atoms with Gasteiger partial charge in [0, 0.05) is 0 Å². The zero-order valence-corrected chi connectivity index (χ0v) is 10.8. The molecule has 0 bridgehead atoms. The van der Waals surface area contributed by atoms with Crippen LogP contribution in [0, 0.1) is 5.92 Å². The molecule has 2 aromatic rings. The first kappa shape index (κ1) is 12.6. The van der Waals surface area contributed by atoms with Crippen LogP contribution in [0.3, 0.4) is 0 Å². The third kappa shape index (κ3) is 2.36. The lowest BCUT2D eigenvalue weighted by molar-refractivity contribution is 0.416. The van der Waals surface area contributed by atoms with Crippen molar-refractivity contribution in [3.63, 3.8) is 0 Å². The number of nitrogens with two attached hydrogens (primary N) is 1. The fourth-order valence-electron chi connectivity index (χ4n) is 1.69. The molecule has 1 unspecified atom stereocenters. The Hall–Kier alpha value is -1.88. The Morgan fingerprint density at radius 1 is 1.28 bits per heavy atom. The zero-order chi connectivity index (χ0) is 13.1. The van der Waals surface area contributed by atoms with Gasteiger partial charge in [-0.2, -0.15) is 5.10 Å². The molecule has 0 saturated carbocycles. The van der Waals surface area contributed by atoms with Gasteiger partial charge in [-0.15, -0.1) is 0 Å². The smallest absolute Gasteiger partial charge is 0.184 e. The first-order valence-electron chi connectivity index (χ1n) is 5.94. The van der Waals surface area contributed by atoms with Gasteiger partial charge in [-0.05, 0) is 18.1 Å².